The molecule has 0 radical (unpaired) electrons. The molecule has 6 nitrogen and oxygen atoms in total. The van der Waals surface area contributed by atoms with Crippen LogP contribution in [0.1, 0.15) is 45.1 Å². The van der Waals surface area contributed by atoms with Gasteiger partial charge in [0.25, 0.3) is 0 Å². The van der Waals surface area contributed by atoms with E-state index in [0.717, 1.165) is 42.4 Å². The highest BCUT2D eigenvalue weighted by Crippen LogP contribution is 2.30. The van der Waals surface area contributed by atoms with E-state index < -0.39 is 6.36 Å². The van der Waals surface area contributed by atoms with Crippen LogP contribution in [0.2, 0.25) is 0 Å². The predicted octanol–water partition coefficient (Wildman–Crippen LogP) is 6.62. The Labute approximate surface area is 211 Å². The van der Waals surface area contributed by atoms with Crippen LogP contribution in [0, 0.1) is 0 Å². The van der Waals surface area contributed by atoms with Crippen molar-refractivity contribution in [2.45, 2.75) is 70.6 Å². The summed E-state index contributed by atoms with van der Waals surface area (Å²) in [5.41, 5.74) is 1.36. The van der Waals surface area contributed by atoms with Gasteiger partial charge in [0.05, 0.1) is 5.52 Å². The monoisotopic (exact) mass is 551 g/mol. The van der Waals surface area contributed by atoms with Crippen LogP contribution in [0.15, 0.2) is 46.9 Å². The molecule has 1 heterocycles. The molecule has 4 rings (SSSR count). The van der Waals surface area contributed by atoms with Crippen LogP contribution >= 0.6 is 15.9 Å². The Kier molecular flexibility index (Phi) is 8.01. The number of benzene rings is 2. The lowest BCUT2D eigenvalue weighted by atomic mass is 9.91. The van der Waals surface area contributed by atoms with Crippen LogP contribution in [-0.2, 0) is 6.54 Å². The average molecular weight is 552 g/mol. The van der Waals surface area contributed by atoms with Gasteiger partial charge >= 0.3 is 6.36 Å². The molecule has 0 unspecified atom stereocenters. The standard InChI is InChI=1S/C25H29BrF3N5O/c1-15(2)31-23-20-5-3-4-6-21(20)33-24(34-23)32-19-11-9-18(10-12-19)30-14-16-7-8-17(26)13-22(16)35-25(27,28)29/h3-8,13,15,18-19,30H,9-12,14H2,1-2H3,(H2,31,32,33,34)/t18-,19+. The van der Waals surface area contributed by atoms with Crippen molar-refractivity contribution >= 4 is 38.6 Å². The van der Waals surface area contributed by atoms with Gasteiger partial charge in [-0.1, -0.05) is 34.1 Å². The SMILES string of the molecule is CC(C)Nc1nc(N[C@H]2CC[C@@H](NCc3ccc(Br)cc3OC(F)(F)F)CC2)nc2ccccc12. The van der Waals surface area contributed by atoms with Gasteiger partial charge in [-0.3, -0.25) is 0 Å². The molecule has 0 amide bonds. The summed E-state index contributed by atoms with van der Waals surface area (Å²) in [6, 6.07) is 13.3. The van der Waals surface area contributed by atoms with Crippen molar-refractivity contribution in [3.63, 3.8) is 0 Å². The van der Waals surface area contributed by atoms with Crippen molar-refractivity contribution in [3.8, 4) is 5.75 Å². The van der Waals surface area contributed by atoms with Crippen LogP contribution in [0.4, 0.5) is 24.9 Å². The van der Waals surface area contributed by atoms with Gasteiger partial charge in [0, 0.05) is 40.1 Å². The summed E-state index contributed by atoms with van der Waals surface area (Å²) in [6.45, 7) is 4.45. The van der Waals surface area contributed by atoms with E-state index in [1.807, 2.05) is 24.3 Å². The number of hydrogen-bond acceptors (Lipinski definition) is 6. The molecule has 3 aromatic rings. The van der Waals surface area contributed by atoms with E-state index in [2.05, 4.69) is 50.5 Å². The number of rotatable bonds is 8. The lowest BCUT2D eigenvalue weighted by Crippen LogP contribution is -2.37. The van der Waals surface area contributed by atoms with Crippen molar-refractivity contribution in [2.24, 2.45) is 0 Å². The van der Waals surface area contributed by atoms with Crippen LogP contribution in [0.3, 0.4) is 0 Å². The fraction of sp³-hybridized carbons (Fsp3) is 0.440. The first kappa shape index (κ1) is 25.5. The van der Waals surface area contributed by atoms with Gasteiger partial charge in [0.2, 0.25) is 5.95 Å². The van der Waals surface area contributed by atoms with Gasteiger partial charge in [-0.15, -0.1) is 13.2 Å². The van der Waals surface area contributed by atoms with E-state index in [-0.39, 0.29) is 23.9 Å². The number of ether oxygens (including phenoxy) is 1. The summed E-state index contributed by atoms with van der Waals surface area (Å²) in [6.07, 6.45) is -1.11. The quantitative estimate of drug-likeness (QED) is 0.292. The molecule has 1 aliphatic rings. The number of para-hydroxylation sites is 1. The van der Waals surface area contributed by atoms with Crippen LogP contribution in [0.25, 0.3) is 10.9 Å². The Morgan fingerprint density at radius 2 is 1.74 bits per heavy atom. The van der Waals surface area contributed by atoms with Gasteiger partial charge in [0.15, 0.2) is 0 Å². The molecule has 35 heavy (non-hydrogen) atoms. The zero-order chi connectivity index (χ0) is 25.0. The molecule has 188 valence electrons. The average Bonchev–Trinajstić information content (AvgIpc) is 2.78. The van der Waals surface area contributed by atoms with Crippen LogP contribution < -0.4 is 20.7 Å². The number of nitrogens with one attached hydrogen (secondary N) is 3. The van der Waals surface area contributed by atoms with Crippen molar-refractivity contribution < 1.29 is 17.9 Å². The molecule has 1 aromatic heterocycles. The Balaban J connectivity index is 1.34. The maximum Gasteiger partial charge on any atom is 0.573 e. The maximum atomic E-state index is 12.8. The zero-order valence-corrected chi connectivity index (χ0v) is 21.2. The summed E-state index contributed by atoms with van der Waals surface area (Å²) in [5.74, 6) is 1.23. The molecule has 1 aliphatic carbocycles. The number of aromatic nitrogens is 2. The molecule has 0 atom stereocenters. The summed E-state index contributed by atoms with van der Waals surface area (Å²) in [7, 11) is 0. The van der Waals surface area contributed by atoms with E-state index in [9.17, 15) is 13.2 Å². The molecular formula is C25H29BrF3N5O. The van der Waals surface area contributed by atoms with Gasteiger partial charge < -0.3 is 20.7 Å². The summed E-state index contributed by atoms with van der Waals surface area (Å²) in [5, 5.41) is 11.3. The minimum atomic E-state index is -4.73. The van der Waals surface area contributed by atoms with Gasteiger partial charge in [-0.25, -0.2) is 4.98 Å². The second-order valence-corrected chi connectivity index (χ2v) is 10.0. The van der Waals surface area contributed by atoms with Crippen molar-refractivity contribution in [1.82, 2.24) is 15.3 Å². The first-order valence-corrected chi connectivity index (χ1v) is 12.5. The third-order valence-electron chi connectivity index (χ3n) is 5.93. The molecule has 0 aliphatic heterocycles. The first-order valence-electron chi connectivity index (χ1n) is 11.7. The highest BCUT2D eigenvalue weighted by Gasteiger charge is 2.32. The van der Waals surface area contributed by atoms with E-state index in [0.29, 0.717) is 22.5 Å². The molecule has 0 saturated heterocycles. The van der Waals surface area contributed by atoms with Crippen molar-refractivity contribution in [3.05, 3.63) is 52.5 Å². The lowest BCUT2D eigenvalue weighted by Gasteiger charge is -2.30. The second kappa shape index (κ2) is 11.0. The topological polar surface area (TPSA) is 71.1 Å². The minimum Gasteiger partial charge on any atom is -0.405 e. The minimum absolute atomic E-state index is 0.186. The highest BCUT2D eigenvalue weighted by atomic mass is 79.9. The number of nitrogens with zero attached hydrogens (tertiary/aromatic N) is 2. The van der Waals surface area contributed by atoms with Gasteiger partial charge in [0.1, 0.15) is 11.6 Å². The summed E-state index contributed by atoms with van der Waals surface area (Å²) < 4.78 is 43.0. The fourth-order valence-electron chi connectivity index (χ4n) is 4.30. The lowest BCUT2D eigenvalue weighted by molar-refractivity contribution is -0.274. The van der Waals surface area contributed by atoms with Crippen LogP contribution in [-0.4, -0.2) is 34.5 Å². The molecule has 3 N–H and O–H groups in total. The number of fused-ring (bicyclic) bond motifs is 1. The largest absolute Gasteiger partial charge is 0.573 e. The molecule has 0 bridgehead atoms. The number of halogens is 4. The van der Waals surface area contributed by atoms with E-state index >= 15 is 0 Å². The zero-order valence-electron chi connectivity index (χ0n) is 19.6. The third kappa shape index (κ3) is 7.20. The number of anilines is 2. The summed E-state index contributed by atoms with van der Waals surface area (Å²) in [4.78, 5) is 9.41. The first-order chi connectivity index (χ1) is 16.7. The predicted molar refractivity (Wildman–Crippen MR) is 136 cm³/mol. The molecular weight excluding hydrogens is 523 g/mol. The van der Waals surface area contributed by atoms with E-state index in [1.54, 1.807) is 12.1 Å². The van der Waals surface area contributed by atoms with Gasteiger partial charge in [-0.2, -0.15) is 4.98 Å². The number of alkyl halides is 3. The van der Waals surface area contributed by atoms with Crippen molar-refractivity contribution in [2.75, 3.05) is 10.6 Å². The Morgan fingerprint density at radius 1 is 1.03 bits per heavy atom. The smallest absolute Gasteiger partial charge is 0.405 e. The Hall–Kier alpha value is -2.59. The molecule has 1 saturated carbocycles. The Bertz CT molecular complexity index is 1150. The molecule has 0 spiro atoms. The number of hydrogen-bond donors (Lipinski definition) is 3. The summed E-state index contributed by atoms with van der Waals surface area (Å²) >= 11 is 3.21. The maximum absolute atomic E-state index is 12.8. The molecule has 10 heteroatoms. The molecule has 1 fully saturated rings. The second-order valence-electron chi connectivity index (χ2n) is 9.09. The normalized spacial score (nSPS) is 18.6. The third-order valence-corrected chi connectivity index (χ3v) is 6.42. The highest BCUT2D eigenvalue weighted by molar-refractivity contribution is 9.10. The van der Waals surface area contributed by atoms with Gasteiger partial charge in [-0.05, 0) is 63.8 Å². The fourth-order valence-corrected chi connectivity index (χ4v) is 4.64. The Morgan fingerprint density at radius 3 is 2.46 bits per heavy atom. The molecule has 2 aromatic carbocycles. The van der Waals surface area contributed by atoms with E-state index in [4.69, 9.17) is 9.97 Å². The van der Waals surface area contributed by atoms with Crippen molar-refractivity contribution in [1.29, 1.82) is 0 Å². The van der Waals surface area contributed by atoms with Crippen LogP contribution in [0.5, 0.6) is 5.75 Å². The van der Waals surface area contributed by atoms with E-state index in [1.165, 1.54) is 6.07 Å².